The Labute approximate surface area is 91.4 Å². The molecule has 1 rings (SSSR count). The van der Waals surface area contributed by atoms with E-state index in [0.29, 0.717) is 5.69 Å². The number of ether oxygens (including phenoxy) is 1. The summed E-state index contributed by atoms with van der Waals surface area (Å²) in [5, 5.41) is 10.5. The summed E-state index contributed by atoms with van der Waals surface area (Å²) in [5.74, 6) is -0.319. The third kappa shape index (κ3) is 5.75. The van der Waals surface area contributed by atoms with Crippen molar-refractivity contribution in [2.45, 2.75) is 20.2 Å². The van der Waals surface area contributed by atoms with Gasteiger partial charge in [0, 0.05) is 5.69 Å². The zero-order valence-electron chi connectivity index (χ0n) is 8.80. The van der Waals surface area contributed by atoms with Gasteiger partial charge in [0.05, 0.1) is 0 Å². The van der Waals surface area contributed by atoms with E-state index in [1.807, 2.05) is 13.8 Å². The van der Waals surface area contributed by atoms with Gasteiger partial charge in [0.15, 0.2) is 6.19 Å². The molecule has 0 aromatic heterocycles. The van der Waals surface area contributed by atoms with Gasteiger partial charge < -0.3 is 4.74 Å². The van der Waals surface area contributed by atoms with Crippen molar-refractivity contribution in [3.63, 3.8) is 0 Å². The molecule has 0 fully saturated rings. The highest BCUT2D eigenvalue weighted by atomic mass is 19.4. The van der Waals surface area contributed by atoms with Crippen LogP contribution < -0.4 is 10.1 Å². The van der Waals surface area contributed by atoms with Gasteiger partial charge >= 0.3 is 6.36 Å². The fourth-order valence-electron chi connectivity index (χ4n) is 0.804. The first-order valence-electron chi connectivity index (χ1n) is 4.52. The second-order valence-electron chi connectivity index (χ2n) is 2.31. The van der Waals surface area contributed by atoms with Crippen LogP contribution >= 0.6 is 0 Å². The van der Waals surface area contributed by atoms with Crippen molar-refractivity contribution in [1.82, 2.24) is 0 Å². The van der Waals surface area contributed by atoms with Crippen LogP contribution in [0.4, 0.5) is 18.9 Å². The number of nitriles is 1. The predicted octanol–water partition coefficient (Wildman–Crippen LogP) is 3.50. The van der Waals surface area contributed by atoms with E-state index in [-0.39, 0.29) is 5.75 Å². The van der Waals surface area contributed by atoms with Gasteiger partial charge in [-0.25, -0.2) is 0 Å². The van der Waals surface area contributed by atoms with Gasteiger partial charge in [0.25, 0.3) is 0 Å². The zero-order valence-corrected chi connectivity index (χ0v) is 8.80. The molecule has 1 aromatic carbocycles. The third-order valence-corrected chi connectivity index (χ3v) is 1.29. The molecule has 1 N–H and O–H groups in total. The van der Waals surface area contributed by atoms with Crippen molar-refractivity contribution in [1.29, 1.82) is 5.26 Å². The van der Waals surface area contributed by atoms with E-state index in [9.17, 15) is 13.2 Å². The Morgan fingerprint density at radius 1 is 1.19 bits per heavy atom. The van der Waals surface area contributed by atoms with E-state index in [1.54, 1.807) is 6.19 Å². The molecule has 0 bridgehead atoms. The van der Waals surface area contributed by atoms with E-state index < -0.39 is 6.36 Å². The molecule has 0 aliphatic heterocycles. The van der Waals surface area contributed by atoms with Gasteiger partial charge in [-0.3, -0.25) is 5.32 Å². The highest BCUT2D eigenvalue weighted by Gasteiger charge is 2.30. The maximum absolute atomic E-state index is 11.7. The lowest BCUT2D eigenvalue weighted by atomic mass is 10.3. The summed E-state index contributed by atoms with van der Waals surface area (Å²) in [7, 11) is 0. The molecule has 0 heterocycles. The number of nitrogens with zero attached hydrogens (tertiary/aromatic N) is 1. The van der Waals surface area contributed by atoms with Crippen molar-refractivity contribution in [3.8, 4) is 11.9 Å². The number of rotatable bonds is 2. The standard InChI is InChI=1S/C8H5F3N2O.C2H6/c9-8(10,11)14-7-3-1-6(2-4-7)13-5-12;1-2/h1-4,13H;1-2H3. The van der Waals surface area contributed by atoms with Crippen LogP contribution in [0.3, 0.4) is 0 Å². The van der Waals surface area contributed by atoms with Gasteiger partial charge in [-0.1, -0.05) is 13.8 Å². The quantitative estimate of drug-likeness (QED) is 0.627. The number of hydrogen-bond acceptors (Lipinski definition) is 3. The molecule has 0 saturated heterocycles. The maximum atomic E-state index is 11.7. The van der Waals surface area contributed by atoms with E-state index >= 15 is 0 Å². The molecular formula is C10H11F3N2O. The van der Waals surface area contributed by atoms with Gasteiger partial charge in [-0.2, -0.15) is 5.26 Å². The van der Waals surface area contributed by atoms with E-state index in [4.69, 9.17) is 5.26 Å². The van der Waals surface area contributed by atoms with Crippen LogP contribution in [-0.2, 0) is 0 Å². The summed E-state index contributed by atoms with van der Waals surface area (Å²) in [6.07, 6.45) is -3.05. The van der Waals surface area contributed by atoms with Crippen molar-refractivity contribution in [2.24, 2.45) is 0 Å². The van der Waals surface area contributed by atoms with Gasteiger partial charge in [0.2, 0.25) is 0 Å². The lowest BCUT2D eigenvalue weighted by molar-refractivity contribution is -0.274. The Kier molecular flexibility index (Phi) is 5.78. The molecule has 0 radical (unpaired) electrons. The number of hydrogen-bond donors (Lipinski definition) is 1. The Balaban J connectivity index is 0.00000106. The molecule has 0 saturated carbocycles. The molecule has 0 spiro atoms. The van der Waals surface area contributed by atoms with E-state index in [1.165, 1.54) is 12.1 Å². The minimum atomic E-state index is -4.69. The average Bonchev–Trinajstić information content (AvgIpc) is 2.22. The summed E-state index contributed by atoms with van der Waals surface area (Å²) in [6.45, 7) is 4.00. The fourth-order valence-corrected chi connectivity index (χ4v) is 0.804. The smallest absolute Gasteiger partial charge is 0.406 e. The predicted molar refractivity (Wildman–Crippen MR) is 53.7 cm³/mol. The lowest BCUT2D eigenvalue weighted by Gasteiger charge is -2.08. The largest absolute Gasteiger partial charge is 0.573 e. The number of halogens is 3. The first kappa shape index (κ1) is 14.1. The lowest BCUT2D eigenvalue weighted by Crippen LogP contribution is -2.16. The zero-order chi connectivity index (χ0) is 12.6. The summed E-state index contributed by atoms with van der Waals surface area (Å²) in [5.41, 5.74) is 0.405. The minimum Gasteiger partial charge on any atom is -0.406 e. The molecule has 0 atom stereocenters. The topological polar surface area (TPSA) is 45.0 Å². The summed E-state index contributed by atoms with van der Waals surface area (Å²) >= 11 is 0. The van der Waals surface area contributed by atoms with E-state index in [0.717, 1.165) is 12.1 Å². The third-order valence-electron chi connectivity index (χ3n) is 1.29. The van der Waals surface area contributed by atoms with Crippen molar-refractivity contribution < 1.29 is 17.9 Å². The van der Waals surface area contributed by atoms with Gasteiger partial charge in [0.1, 0.15) is 5.75 Å². The Hall–Kier alpha value is -1.90. The maximum Gasteiger partial charge on any atom is 0.573 e. The first-order valence-corrected chi connectivity index (χ1v) is 4.52. The van der Waals surface area contributed by atoms with Crippen molar-refractivity contribution in [3.05, 3.63) is 24.3 Å². The molecule has 6 heteroatoms. The summed E-state index contributed by atoms with van der Waals surface area (Å²) < 4.78 is 38.7. The summed E-state index contributed by atoms with van der Waals surface area (Å²) in [4.78, 5) is 0. The monoisotopic (exact) mass is 232 g/mol. The number of benzene rings is 1. The number of alkyl halides is 3. The van der Waals surface area contributed by atoms with Crippen LogP contribution in [0, 0.1) is 11.5 Å². The molecular weight excluding hydrogens is 221 g/mol. The first-order chi connectivity index (χ1) is 7.51. The Bertz CT molecular complexity index is 341. The molecule has 0 amide bonds. The normalized spacial score (nSPS) is 9.50. The van der Waals surface area contributed by atoms with Crippen molar-refractivity contribution >= 4 is 5.69 Å². The highest BCUT2D eigenvalue weighted by Crippen LogP contribution is 2.23. The number of nitrogens with one attached hydrogen (secondary N) is 1. The molecule has 0 aliphatic rings. The van der Waals surface area contributed by atoms with Gasteiger partial charge in [-0.15, -0.1) is 13.2 Å². The second-order valence-corrected chi connectivity index (χ2v) is 2.31. The van der Waals surface area contributed by atoms with Crippen LogP contribution in [0.2, 0.25) is 0 Å². The van der Waals surface area contributed by atoms with Crippen LogP contribution in [0.5, 0.6) is 5.75 Å². The molecule has 0 unspecified atom stereocenters. The Morgan fingerprint density at radius 2 is 1.69 bits per heavy atom. The van der Waals surface area contributed by atoms with Gasteiger partial charge in [-0.05, 0) is 24.3 Å². The van der Waals surface area contributed by atoms with Crippen LogP contribution in [0.1, 0.15) is 13.8 Å². The van der Waals surface area contributed by atoms with Crippen LogP contribution in [0.25, 0.3) is 0 Å². The number of anilines is 1. The summed E-state index contributed by atoms with van der Waals surface area (Å²) in [6, 6.07) is 4.86. The average molecular weight is 232 g/mol. The van der Waals surface area contributed by atoms with Crippen LogP contribution in [-0.4, -0.2) is 6.36 Å². The fraction of sp³-hybridized carbons (Fsp3) is 0.300. The second kappa shape index (κ2) is 6.56. The Morgan fingerprint density at radius 3 is 2.06 bits per heavy atom. The van der Waals surface area contributed by atoms with Crippen LogP contribution in [0.15, 0.2) is 24.3 Å². The van der Waals surface area contributed by atoms with E-state index in [2.05, 4.69) is 10.1 Å². The molecule has 3 nitrogen and oxygen atoms in total. The minimum absolute atomic E-state index is 0.319. The SMILES string of the molecule is CC.N#CNc1ccc(OC(F)(F)F)cc1. The molecule has 0 aliphatic carbocycles. The highest BCUT2D eigenvalue weighted by molar-refractivity contribution is 5.48. The molecule has 16 heavy (non-hydrogen) atoms. The molecule has 88 valence electrons. The molecule has 1 aromatic rings. The van der Waals surface area contributed by atoms with Crippen molar-refractivity contribution in [2.75, 3.05) is 5.32 Å².